The quantitative estimate of drug-likeness (QED) is 0.451. The first-order chi connectivity index (χ1) is 2.30. The van der Waals surface area contributed by atoms with Crippen LogP contribution < -0.4 is 5.56 Å². The molecule has 5 heavy (non-hydrogen) atoms. The maximum atomic E-state index is 9.63. The average molecular weight is 87.1 g/mol. The van der Waals surface area contributed by atoms with Crippen LogP contribution in [-0.2, 0) is 0 Å². The molecule has 1 heterocycles. The highest BCUT2D eigenvalue weighted by atomic mass is 32.1. The second-order valence-electron chi connectivity index (χ2n) is 0.783. The van der Waals surface area contributed by atoms with E-state index in [1.165, 1.54) is 0 Å². The van der Waals surface area contributed by atoms with Crippen molar-refractivity contribution in [2.24, 2.45) is 0 Å². The molecule has 1 aromatic heterocycles. The van der Waals surface area contributed by atoms with Gasteiger partial charge in [0.2, 0.25) is 0 Å². The normalized spacial score (nSPS) is 9.60. The Kier molecular flexibility index (Phi) is 0.301. The average Bonchev–Trinajstić information content (AvgIpc) is 1.79. The smallest absolute Gasteiger partial charge is 0.284 e. The zero-order valence-electron chi connectivity index (χ0n) is 2.32. The van der Waals surface area contributed by atoms with Crippen molar-refractivity contribution < 1.29 is 0 Å². The van der Waals surface area contributed by atoms with Crippen LogP contribution in [-0.4, -0.2) is 4.98 Å². The zero-order valence-corrected chi connectivity index (χ0v) is 3.13. The lowest BCUT2D eigenvalue weighted by molar-refractivity contribution is 1.59. The van der Waals surface area contributed by atoms with Gasteiger partial charge in [0.1, 0.15) is 0 Å². The van der Waals surface area contributed by atoms with Crippen molar-refractivity contribution in [1.82, 2.24) is 4.98 Å². The lowest BCUT2D eigenvalue weighted by Crippen LogP contribution is -1.68. The Bertz CT molecular complexity index is 160. The fraction of sp³-hybridized carbons (Fsp3) is 0. The van der Waals surface area contributed by atoms with Crippen molar-refractivity contribution >= 4 is 12.2 Å². The highest BCUT2D eigenvalue weighted by Crippen LogP contribution is 1.66. The van der Waals surface area contributed by atoms with E-state index in [2.05, 4.69) is 17.2 Å². The second kappa shape index (κ2) is 0.542. The third kappa shape index (κ3) is 0.280. The van der Waals surface area contributed by atoms with E-state index < -0.39 is 0 Å². The molecule has 0 spiro atoms. The first-order valence-corrected chi connectivity index (χ1v) is 1.57. The summed E-state index contributed by atoms with van der Waals surface area (Å²) in [4.78, 5) is 11.9. The second-order valence-corrected chi connectivity index (χ2v) is 1.19. The fourth-order valence-electron chi connectivity index (χ4n) is 0.0719. The fourth-order valence-corrected chi connectivity index (χ4v) is 0.165. The Morgan fingerprint density at radius 1 is 1.80 bits per heavy atom. The van der Waals surface area contributed by atoms with Crippen LogP contribution >= 0.6 is 12.2 Å². The summed E-state index contributed by atoms with van der Waals surface area (Å²) >= 11 is 4.31. The lowest BCUT2D eigenvalue weighted by Gasteiger charge is -1.12. The Balaban J connectivity index is 3.70. The van der Waals surface area contributed by atoms with Crippen molar-refractivity contribution in [2.75, 3.05) is 0 Å². The van der Waals surface area contributed by atoms with Crippen LogP contribution in [0.4, 0.5) is 0 Å². The number of aromatic amines is 1. The molecule has 0 saturated carbocycles. The van der Waals surface area contributed by atoms with Crippen molar-refractivity contribution in [3.63, 3.8) is 0 Å². The molecule has 0 aromatic carbocycles. The van der Waals surface area contributed by atoms with E-state index >= 15 is 0 Å². The number of hydrogen-bond donors (Lipinski definition) is 1. The molecule has 0 saturated heterocycles. The molecule has 0 aliphatic rings. The molecule has 0 unspecified atom stereocenters. The van der Waals surface area contributed by atoms with Crippen LogP contribution in [0.3, 0.4) is 0 Å². The summed E-state index contributed by atoms with van der Waals surface area (Å²) in [5, 5.41) is 0. The first-order valence-electron chi connectivity index (χ1n) is 1.16. The minimum Gasteiger partial charge on any atom is -0.306 e. The Morgan fingerprint density at radius 2 is 2.00 bits per heavy atom. The monoisotopic (exact) mass is 87.0 g/mol. The first kappa shape index (κ1) is 2.78. The summed E-state index contributed by atoms with van der Waals surface area (Å²) < 4.78 is 0.366. The van der Waals surface area contributed by atoms with E-state index in [0.717, 1.165) is 0 Å². The third-order valence-electron chi connectivity index (χ3n) is 0.371. The molecule has 3 heteroatoms. The minimum atomic E-state index is -0.0972. The molecule has 0 amide bonds. The molecule has 0 fully saturated rings. The topological polar surface area (TPSA) is 32.9 Å². The maximum Gasteiger partial charge on any atom is 0.284 e. The number of H-pyrrole nitrogens is 1. The van der Waals surface area contributed by atoms with Gasteiger partial charge in [0, 0.05) is 0 Å². The SMILES string of the molecule is O=c1[nH]c1=S. The summed E-state index contributed by atoms with van der Waals surface area (Å²) in [6.45, 7) is 0. The molecular weight excluding hydrogens is 86.1 g/mol. The highest BCUT2D eigenvalue weighted by molar-refractivity contribution is 7.71. The van der Waals surface area contributed by atoms with Gasteiger partial charge in [-0.05, 0) is 0 Å². The number of aromatic nitrogens is 1. The molecule has 1 aromatic rings. The third-order valence-corrected chi connectivity index (χ3v) is 0.658. The molecule has 1 N–H and O–H groups in total. The van der Waals surface area contributed by atoms with Gasteiger partial charge in [-0.15, -0.1) is 0 Å². The van der Waals surface area contributed by atoms with Crippen LogP contribution in [0.25, 0.3) is 0 Å². The van der Waals surface area contributed by atoms with Gasteiger partial charge < -0.3 is 4.98 Å². The molecule has 26 valence electrons. The highest BCUT2D eigenvalue weighted by Gasteiger charge is 1.90. The van der Waals surface area contributed by atoms with Gasteiger partial charge in [0.25, 0.3) is 5.56 Å². The van der Waals surface area contributed by atoms with Crippen LogP contribution in [0.1, 0.15) is 0 Å². The molecular formula is C2HNOS. The molecule has 0 atom stereocenters. The van der Waals surface area contributed by atoms with Crippen LogP contribution in [0, 0.1) is 4.64 Å². The van der Waals surface area contributed by atoms with Gasteiger partial charge in [0.15, 0.2) is 4.64 Å². The predicted octanol–water partition coefficient (Wildman–Crippen LogP) is -0.0200. The minimum absolute atomic E-state index is 0.0972. The summed E-state index contributed by atoms with van der Waals surface area (Å²) in [5.74, 6) is 0. The van der Waals surface area contributed by atoms with E-state index in [-0.39, 0.29) is 5.56 Å². The van der Waals surface area contributed by atoms with Gasteiger partial charge in [-0.1, -0.05) is 12.2 Å². The Morgan fingerprint density at radius 3 is 2.00 bits per heavy atom. The van der Waals surface area contributed by atoms with Crippen molar-refractivity contribution in [2.45, 2.75) is 0 Å². The summed E-state index contributed by atoms with van der Waals surface area (Å²) in [5.41, 5.74) is -0.0972. The molecule has 2 nitrogen and oxygen atoms in total. The van der Waals surface area contributed by atoms with Gasteiger partial charge in [-0.25, -0.2) is 0 Å². The van der Waals surface area contributed by atoms with E-state index in [0.29, 0.717) is 4.64 Å². The van der Waals surface area contributed by atoms with Crippen molar-refractivity contribution in [3.8, 4) is 0 Å². The molecule has 0 aliphatic heterocycles. The Hall–Kier alpha value is -0.440. The van der Waals surface area contributed by atoms with Crippen LogP contribution in [0.2, 0.25) is 0 Å². The number of rotatable bonds is 0. The van der Waals surface area contributed by atoms with Crippen molar-refractivity contribution in [3.05, 3.63) is 15.0 Å². The molecule has 1 rings (SSSR count). The largest absolute Gasteiger partial charge is 0.306 e. The Labute approximate surface area is 33.1 Å². The van der Waals surface area contributed by atoms with Gasteiger partial charge in [-0.3, -0.25) is 4.79 Å². The van der Waals surface area contributed by atoms with E-state index in [1.54, 1.807) is 0 Å². The maximum absolute atomic E-state index is 9.63. The van der Waals surface area contributed by atoms with E-state index in [1.807, 2.05) is 0 Å². The standard InChI is InChI=1S/C2HNOS/c4-1-2(5)3-1/h(H,3,4,5). The van der Waals surface area contributed by atoms with Crippen LogP contribution in [0.5, 0.6) is 0 Å². The van der Waals surface area contributed by atoms with Crippen molar-refractivity contribution in [1.29, 1.82) is 0 Å². The van der Waals surface area contributed by atoms with Gasteiger partial charge in [0.05, 0.1) is 0 Å². The van der Waals surface area contributed by atoms with E-state index in [4.69, 9.17) is 0 Å². The predicted molar refractivity (Wildman–Crippen MR) is 20.3 cm³/mol. The molecule has 0 aliphatic carbocycles. The van der Waals surface area contributed by atoms with E-state index in [9.17, 15) is 4.79 Å². The zero-order chi connectivity index (χ0) is 3.86. The number of nitrogens with one attached hydrogen (secondary N) is 1. The molecule has 0 bridgehead atoms. The number of hydrogen-bond acceptors (Lipinski definition) is 2. The molecule has 0 radical (unpaired) electrons. The summed E-state index contributed by atoms with van der Waals surface area (Å²) in [6, 6.07) is 0. The summed E-state index contributed by atoms with van der Waals surface area (Å²) in [7, 11) is 0. The summed E-state index contributed by atoms with van der Waals surface area (Å²) in [6.07, 6.45) is 0. The van der Waals surface area contributed by atoms with Crippen LogP contribution in [0.15, 0.2) is 4.79 Å². The lowest BCUT2D eigenvalue weighted by atomic mass is 11.1. The van der Waals surface area contributed by atoms with Gasteiger partial charge >= 0.3 is 0 Å². The van der Waals surface area contributed by atoms with Gasteiger partial charge in [-0.2, -0.15) is 0 Å².